The van der Waals surface area contributed by atoms with E-state index >= 15 is 0 Å². The van der Waals surface area contributed by atoms with E-state index in [0.29, 0.717) is 13.0 Å². The molecule has 1 heterocycles. The third-order valence-corrected chi connectivity index (χ3v) is 3.63. The van der Waals surface area contributed by atoms with E-state index in [9.17, 15) is 19.1 Å². The number of hydrogen-bond donors (Lipinski definition) is 1. The van der Waals surface area contributed by atoms with Gasteiger partial charge < -0.3 is 14.7 Å². The molecule has 1 aromatic carbocycles. The van der Waals surface area contributed by atoms with E-state index in [1.54, 1.807) is 6.07 Å². The van der Waals surface area contributed by atoms with Crippen molar-refractivity contribution >= 4 is 11.7 Å². The van der Waals surface area contributed by atoms with E-state index < -0.39 is 29.3 Å². The van der Waals surface area contributed by atoms with Crippen molar-refractivity contribution in [1.29, 1.82) is 0 Å². The van der Waals surface area contributed by atoms with Crippen LogP contribution < -0.4 is 0 Å². The summed E-state index contributed by atoms with van der Waals surface area (Å²) in [4.78, 5) is 25.3. The van der Waals surface area contributed by atoms with Gasteiger partial charge in [0.15, 0.2) is 11.5 Å². The summed E-state index contributed by atoms with van der Waals surface area (Å²) in [5.41, 5.74) is 0.134. The Hall–Kier alpha value is -2.21. The number of amides is 1. The van der Waals surface area contributed by atoms with Gasteiger partial charge in [0.05, 0.1) is 11.6 Å². The van der Waals surface area contributed by atoms with E-state index in [2.05, 4.69) is 0 Å². The van der Waals surface area contributed by atoms with Crippen LogP contribution in [0, 0.1) is 5.82 Å². The van der Waals surface area contributed by atoms with E-state index in [0.717, 1.165) is 0 Å². The van der Waals surface area contributed by atoms with Crippen molar-refractivity contribution in [2.24, 2.45) is 0 Å². The Morgan fingerprint density at radius 2 is 2.09 bits per heavy atom. The minimum atomic E-state index is -0.900. The van der Waals surface area contributed by atoms with Gasteiger partial charge in [0.1, 0.15) is 5.82 Å². The van der Waals surface area contributed by atoms with E-state index in [4.69, 9.17) is 4.74 Å². The summed E-state index contributed by atoms with van der Waals surface area (Å²) in [6.07, 6.45) is 0.520. The summed E-state index contributed by atoms with van der Waals surface area (Å²) < 4.78 is 19.1. The average molecular weight is 307 g/mol. The fourth-order valence-corrected chi connectivity index (χ4v) is 2.64. The topological polar surface area (TPSA) is 66.8 Å². The van der Waals surface area contributed by atoms with E-state index in [1.807, 2.05) is 0 Å². The van der Waals surface area contributed by atoms with Gasteiger partial charge in [-0.25, -0.2) is 4.39 Å². The van der Waals surface area contributed by atoms with E-state index in [1.165, 1.54) is 37.1 Å². The summed E-state index contributed by atoms with van der Waals surface area (Å²) >= 11 is 0. The van der Waals surface area contributed by atoms with Crippen LogP contribution in [0.5, 0.6) is 0 Å². The molecule has 1 atom stereocenters. The Balaban J connectivity index is 2.44. The molecule has 22 heavy (non-hydrogen) atoms. The predicted molar refractivity (Wildman–Crippen MR) is 77.7 cm³/mol. The van der Waals surface area contributed by atoms with Crippen LogP contribution in [0.25, 0.3) is 0 Å². The molecule has 1 aliphatic heterocycles. The normalized spacial score (nSPS) is 18.2. The SMILES string of the molecule is COCCCN1C(=O)C(O)=C(C(C)=O)[C@@H]1c1ccccc1F. The highest BCUT2D eigenvalue weighted by atomic mass is 19.1. The van der Waals surface area contributed by atoms with Gasteiger partial charge in [-0.1, -0.05) is 18.2 Å². The molecule has 5 nitrogen and oxygen atoms in total. The number of nitrogens with zero attached hydrogens (tertiary/aromatic N) is 1. The summed E-state index contributed by atoms with van der Waals surface area (Å²) in [6, 6.07) is 5.03. The summed E-state index contributed by atoms with van der Waals surface area (Å²) in [7, 11) is 1.54. The van der Waals surface area contributed by atoms with Crippen LogP contribution in [-0.2, 0) is 14.3 Å². The fraction of sp³-hybridized carbons (Fsp3) is 0.375. The lowest BCUT2D eigenvalue weighted by Crippen LogP contribution is -2.32. The number of carbonyl (C=O) groups is 2. The lowest BCUT2D eigenvalue weighted by Gasteiger charge is -2.26. The van der Waals surface area contributed by atoms with Crippen LogP contribution in [0.15, 0.2) is 35.6 Å². The minimum Gasteiger partial charge on any atom is -0.503 e. The number of aliphatic hydroxyl groups excluding tert-OH is 1. The van der Waals surface area contributed by atoms with Crippen LogP contribution in [0.2, 0.25) is 0 Å². The molecular weight excluding hydrogens is 289 g/mol. The first-order chi connectivity index (χ1) is 10.5. The Bertz CT molecular complexity index is 626. The molecule has 1 N–H and O–H groups in total. The molecule has 0 spiro atoms. The molecule has 118 valence electrons. The number of hydrogen-bond acceptors (Lipinski definition) is 4. The molecular formula is C16H18FNO4. The van der Waals surface area contributed by atoms with Gasteiger partial charge in [-0.2, -0.15) is 0 Å². The molecule has 1 aromatic rings. The van der Waals surface area contributed by atoms with Gasteiger partial charge in [-0.3, -0.25) is 9.59 Å². The van der Waals surface area contributed by atoms with Gasteiger partial charge in [0, 0.05) is 25.8 Å². The number of rotatable bonds is 6. The average Bonchev–Trinajstić information content (AvgIpc) is 2.73. The molecule has 6 heteroatoms. The molecule has 0 radical (unpaired) electrons. The summed E-state index contributed by atoms with van der Waals surface area (Å²) in [6.45, 7) is 1.93. The summed E-state index contributed by atoms with van der Waals surface area (Å²) in [5, 5.41) is 9.99. The standard InChI is InChI=1S/C16H18FNO4/c1-10(19)13-14(11-6-3-4-7-12(11)17)18(8-5-9-22-2)16(21)15(13)20/h3-4,6-7,14,20H,5,8-9H2,1-2H3/t14-/m0/s1. The Kier molecular flexibility index (Phi) is 4.92. The highest BCUT2D eigenvalue weighted by Gasteiger charge is 2.42. The number of ether oxygens (including phenoxy) is 1. The number of benzene rings is 1. The zero-order valence-electron chi connectivity index (χ0n) is 12.5. The first-order valence-corrected chi connectivity index (χ1v) is 6.97. The molecule has 0 saturated heterocycles. The van der Waals surface area contributed by atoms with Crippen molar-refractivity contribution in [3.05, 3.63) is 47.0 Å². The second kappa shape index (κ2) is 6.70. The molecule has 0 saturated carbocycles. The number of aliphatic hydroxyl groups is 1. The van der Waals surface area contributed by atoms with Crippen LogP contribution in [-0.4, -0.2) is 42.0 Å². The van der Waals surface area contributed by atoms with Crippen molar-refractivity contribution in [3.63, 3.8) is 0 Å². The first-order valence-electron chi connectivity index (χ1n) is 6.97. The number of Topliss-reactive ketones (excluding diaryl/α,β-unsaturated/α-hetero) is 1. The third kappa shape index (κ3) is 2.87. The number of methoxy groups -OCH3 is 1. The highest BCUT2D eigenvalue weighted by molar-refractivity contribution is 6.08. The highest BCUT2D eigenvalue weighted by Crippen LogP contribution is 2.38. The molecule has 2 rings (SSSR count). The molecule has 0 bridgehead atoms. The minimum absolute atomic E-state index is 0.0625. The van der Waals surface area contributed by atoms with Crippen molar-refractivity contribution in [2.45, 2.75) is 19.4 Å². The Morgan fingerprint density at radius 3 is 2.68 bits per heavy atom. The maximum atomic E-state index is 14.1. The summed E-state index contributed by atoms with van der Waals surface area (Å²) in [5.74, 6) is -2.23. The maximum absolute atomic E-state index is 14.1. The zero-order chi connectivity index (χ0) is 16.3. The smallest absolute Gasteiger partial charge is 0.290 e. The van der Waals surface area contributed by atoms with Crippen molar-refractivity contribution < 1.29 is 23.8 Å². The Morgan fingerprint density at radius 1 is 1.41 bits per heavy atom. The lowest BCUT2D eigenvalue weighted by molar-refractivity contribution is -0.129. The third-order valence-electron chi connectivity index (χ3n) is 3.63. The van der Waals surface area contributed by atoms with E-state index in [-0.39, 0.29) is 17.7 Å². The van der Waals surface area contributed by atoms with Crippen LogP contribution >= 0.6 is 0 Å². The van der Waals surface area contributed by atoms with Crippen LogP contribution in [0.3, 0.4) is 0 Å². The van der Waals surface area contributed by atoms with Crippen molar-refractivity contribution in [3.8, 4) is 0 Å². The van der Waals surface area contributed by atoms with Gasteiger partial charge >= 0.3 is 0 Å². The molecule has 1 amide bonds. The predicted octanol–water partition coefficient (Wildman–Crippen LogP) is 2.15. The van der Waals surface area contributed by atoms with Crippen LogP contribution in [0.1, 0.15) is 24.9 Å². The molecule has 0 aliphatic carbocycles. The first kappa shape index (κ1) is 16.2. The van der Waals surface area contributed by atoms with Gasteiger partial charge in [0.2, 0.25) is 0 Å². The van der Waals surface area contributed by atoms with Gasteiger partial charge in [-0.15, -0.1) is 0 Å². The zero-order valence-corrected chi connectivity index (χ0v) is 12.5. The number of ketones is 1. The quantitative estimate of drug-likeness (QED) is 0.818. The Labute approximate surface area is 128 Å². The fourth-order valence-electron chi connectivity index (χ4n) is 2.64. The monoisotopic (exact) mass is 307 g/mol. The maximum Gasteiger partial charge on any atom is 0.290 e. The van der Waals surface area contributed by atoms with Crippen molar-refractivity contribution in [1.82, 2.24) is 4.90 Å². The van der Waals surface area contributed by atoms with Crippen molar-refractivity contribution in [2.75, 3.05) is 20.3 Å². The second-order valence-corrected chi connectivity index (χ2v) is 5.09. The number of halogens is 1. The molecule has 0 unspecified atom stereocenters. The van der Waals surface area contributed by atoms with Gasteiger partial charge in [-0.05, 0) is 19.4 Å². The van der Waals surface area contributed by atoms with Crippen LogP contribution in [0.4, 0.5) is 4.39 Å². The molecule has 0 fully saturated rings. The molecule has 1 aliphatic rings. The lowest BCUT2D eigenvalue weighted by atomic mass is 9.96. The van der Waals surface area contributed by atoms with Gasteiger partial charge in [0.25, 0.3) is 5.91 Å². The molecule has 0 aromatic heterocycles. The largest absolute Gasteiger partial charge is 0.503 e. The second-order valence-electron chi connectivity index (χ2n) is 5.09. The number of carbonyl (C=O) groups excluding carboxylic acids is 2.